The highest BCUT2D eigenvalue weighted by molar-refractivity contribution is 7.12. The van der Waals surface area contributed by atoms with E-state index < -0.39 is 0 Å². The first-order valence-electron chi connectivity index (χ1n) is 10.9. The van der Waals surface area contributed by atoms with Crippen LogP contribution < -0.4 is 14.4 Å². The highest BCUT2D eigenvalue weighted by Crippen LogP contribution is 2.34. The minimum Gasteiger partial charge on any atom is -0.454 e. The summed E-state index contributed by atoms with van der Waals surface area (Å²) in [4.78, 5) is 23.1. The summed E-state index contributed by atoms with van der Waals surface area (Å²) >= 11 is 7.66. The van der Waals surface area contributed by atoms with Crippen LogP contribution in [0.3, 0.4) is 0 Å². The molecule has 8 heteroatoms. The van der Waals surface area contributed by atoms with Crippen molar-refractivity contribution in [2.75, 3.05) is 25.8 Å². The zero-order valence-corrected chi connectivity index (χ0v) is 20.7. The largest absolute Gasteiger partial charge is 0.454 e. The molecule has 0 saturated carbocycles. The Morgan fingerprint density at radius 2 is 1.88 bits per heavy atom. The van der Waals surface area contributed by atoms with Crippen LogP contribution in [0.2, 0.25) is 5.02 Å². The number of fused-ring (bicyclic) bond motifs is 2. The van der Waals surface area contributed by atoms with Crippen LogP contribution in [-0.2, 0) is 13.1 Å². The summed E-state index contributed by atoms with van der Waals surface area (Å²) in [7, 11) is 3.91. The smallest absolute Gasteiger partial charge is 0.264 e. The molecular formula is C26H24ClN3O3S. The molecule has 6 nitrogen and oxygen atoms in total. The van der Waals surface area contributed by atoms with Crippen LogP contribution in [0.5, 0.6) is 11.5 Å². The van der Waals surface area contributed by atoms with Gasteiger partial charge in [-0.25, -0.2) is 4.98 Å². The second-order valence-corrected chi connectivity index (χ2v) is 9.84. The van der Waals surface area contributed by atoms with Crippen molar-refractivity contribution < 1.29 is 14.3 Å². The molecule has 1 amide bonds. The second kappa shape index (κ2) is 9.16. The quantitative estimate of drug-likeness (QED) is 0.335. The standard InChI is InChI=1S/C26H24ClN3O3S/c1-16-8-9-34-24(16)26(31)30(13-17-4-7-22-23(10-17)33-15-32-22)14-19-11-18-5-6-20(27)12-21(18)28-25(19)29(2)3/h4-12H,13-15H2,1-3H3. The Kier molecular flexibility index (Phi) is 6.06. The predicted molar refractivity (Wildman–Crippen MR) is 136 cm³/mol. The number of aromatic nitrogens is 1. The van der Waals surface area contributed by atoms with Gasteiger partial charge < -0.3 is 19.3 Å². The zero-order chi connectivity index (χ0) is 23.8. The number of aryl methyl sites for hydroxylation is 1. The van der Waals surface area contributed by atoms with E-state index in [1.807, 2.05) is 78.7 Å². The third-order valence-corrected chi connectivity index (χ3v) is 7.01. The fourth-order valence-electron chi connectivity index (χ4n) is 4.08. The summed E-state index contributed by atoms with van der Waals surface area (Å²) < 4.78 is 11.0. The average Bonchev–Trinajstić information content (AvgIpc) is 3.46. The molecule has 0 aliphatic carbocycles. The molecule has 2 aromatic heterocycles. The number of pyridine rings is 1. The topological polar surface area (TPSA) is 54.9 Å². The first-order valence-corrected chi connectivity index (χ1v) is 12.1. The van der Waals surface area contributed by atoms with Gasteiger partial charge in [-0.15, -0.1) is 11.3 Å². The Bertz CT molecular complexity index is 1390. The van der Waals surface area contributed by atoms with Crippen LogP contribution in [-0.4, -0.2) is 36.7 Å². The van der Waals surface area contributed by atoms with Gasteiger partial charge in [0.05, 0.1) is 16.9 Å². The number of rotatable bonds is 6. The van der Waals surface area contributed by atoms with Crippen LogP contribution in [0, 0.1) is 6.92 Å². The van der Waals surface area contributed by atoms with E-state index in [1.165, 1.54) is 11.3 Å². The predicted octanol–water partition coefficient (Wildman–Crippen LogP) is 5.90. The van der Waals surface area contributed by atoms with Crippen LogP contribution in [0.15, 0.2) is 53.9 Å². The van der Waals surface area contributed by atoms with Gasteiger partial charge in [0.1, 0.15) is 5.82 Å². The van der Waals surface area contributed by atoms with Crippen molar-refractivity contribution in [3.8, 4) is 11.5 Å². The number of thiophene rings is 1. The molecule has 4 aromatic rings. The lowest BCUT2D eigenvalue weighted by Gasteiger charge is -2.26. The Morgan fingerprint density at radius 3 is 2.65 bits per heavy atom. The molecule has 0 spiro atoms. The molecular weight excluding hydrogens is 470 g/mol. The summed E-state index contributed by atoms with van der Waals surface area (Å²) in [5.41, 5.74) is 3.73. The van der Waals surface area contributed by atoms with Gasteiger partial charge in [-0.1, -0.05) is 23.7 Å². The minimum absolute atomic E-state index is 0.00826. The van der Waals surface area contributed by atoms with E-state index in [-0.39, 0.29) is 12.7 Å². The molecule has 1 aliphatic heterocycles. The average molecular weight is 494 g/mol. The van der Waals surface area contributed by atoms with Gasteiger partial charge in [-0.3, -0.25) is 4.79 Å². The molecule has 0 unspecified atom stereocenters. The maximum Gasteiger partial charge on any atom is 0.264 e. The highest BCUT2D eigenvalue weighted by atomic mass is 35.5. The summed E-state index contributed by atoms with van der Waals surface area (Å²) in [5.74, 6) is 2.23. The number of hydrogen-bond donors (Lipinski definition) is 0. The van der Waals surface area contributed by atoms with Crippen LogP contribution in [0.1, 0.15) is 26.4 Å². The highest BCUT2D eigenvalue weighted by Gasteiger charge is 2.23. The zero-order valence-electron chi connectivity index (χ0n) is 19.2. The molecule has 0 atom stereocenters. The van der Waals surface area contributed by atoms with Crippen molar-refractivity contribution in [3.05, 3.63) is 80.5 Å². The Balaban J connectivity index is 1.54. The van der Waals surface area contributed by atoms with E-state index >= 15 is 0 Å². The number of ether oxygens (including phenoxy) is 2. The van der Waals surface area contributed by atoms with Gasteiger partial charge in [-0.2, -0.15) is 0 Å². The van der Waals surface area contributed by atoms with Crippen molar-refractivity contribution in [2.24, 2.45) is 0 Å². The summed E-state index contributed by atoms with van der Waals surface area (Å²) in [6.45, 7) is 3.02. The number of hydrogen-bond acceptors (Lipinski definition) is 6. The third kappa shape index (κ3) is 4.41. The molecule has 2 aromatic carbocycles. The van der Waals surface area contributed by atoms with Crippen LogP contribution >= 0.6 is 22.9 Å². The van der Waals surface area contributed by atoms with E-state index in [1.54, 1.807) is 0 Å². The van der Waals surface area contributed by atoms with Crippen molar-refractivity contribution >= 4 is 45.6 Å². The van der Waals surface area contributed by atoms with E-state index in [4.69, 9.17) is 26.1 Å². The van der Waals surface area contributed by atoms with E-state index in [2.05, 4.69) is 6.07 Å². The first kappa shape index (κ1) is 22.5. The molecule has 0 bridgehead atoms. The first-order chi connectivity index (χ1) is 16.4. The number of carbonyl (C=O) groups is 1. The van der Waals surface area contributed by atoms with Crippen molar-refractivity contribution in [1.82, 2.24) is 9.88 Å². The van der Waals surface area contributed by atoms with E-state index in [0.29, 0.717) is 23.9 Å². The fraction of sp³-hybridized carbons (Fsp3) is 0.231. The molecule has 0 N–H and O–H groups in total. The lowest BCUT2D eigenvalue weighted by atomic mass is 10.1. The molecule has 0 saturated heterocycles. The summed E-state index contributed by atoms with van der Waals surface area (Å²) in [6, 6.07) is 15.6. The number of nitrogens with zero attached hydrogens (tertiary/aromatic N) is 3. The minimum atomic E-state index is -0.00826. The number of anilines is 1. The number of halogens is 1. The molecule has 5 rings (SSSR count). The Hall–Kier alpha value is -3.29. The lowest BCUT2D eigenvalue weighted by Crippen LogP contribution is -2.31. The lowest BCUT2D eigenvalue weighted by molar-refractivity contribution is 0.0734. The van der Waals surface area contributed by atoms with Gasteiger partial charge in [-0.05, 0) is 59.8 Å². The van der Waals surface area contributed by atoms with Crippen molar-refractivity contribution in [3.63, 3.8) is 0 Å². The normalized spacial score (nSPS) is 12.2. The Morgan fingerprint density at radius 1 is 1.06 bits per heavy atom. The van der Waals surface area contributed by atoms with E-state index in [0.717, 1.165) is 44.0 Å². The number of carbonyl (C=O) groups excluding carboxylic acids is 1. The van der Waals surface area contributed by atoms with E-state index in [9.17, 15) is 4.79 Å². The van der Waals surface area contributed by atoms with Gasteiger partial charge in [0.2, 0.25) is 6.79 Å². The summed E-state index contributed by atoms with van der Waals surface area (Å²) in [5, 5.41) is 3.58. The number of benzene rings is 2. The maximum atomic E-state index is 13.7. The fourth-order valence-corrected chi connectivity index (χ4v) is 5.14. The van der Waals surface area contributed by atoms with Gasteiger partial charge in [0, 0.05) is 36.6 Å². The second-order valence-electron chi connectivity index (χ2n) is 8.48. The molecule has 1 aliphatic rings. The third-order valence-electron chi connectivity index (χ3n) is 5.77. The molecule has 0 fully saturated rings. The van der Waals surface area contributed by atoms with Crippen LogP contribution in [0.4, 0.5) is 5.82 Å². The van der Waals surface area contributed by atoms with Crippen LogP contribution in [0.25, 0.3) is 10.9 Å². The SMILES string of the molecule is Cc1ccsc1C(=O)N(Cc1ccc2c(c1)OCO2)Cc1cc2ccc(Cl)cc2nc1N(C)C. The Labute approximate surface area is 207 Å². The monoisotopic (exact) mass is 493 g/mol. The maximum absolute atomic E-state index is 13.7. The number of amides is 1. The van der Waals surface area contributed by atoms with Crippen molar-refractivity contribution in [2.45, 2.75) is 20.0 Å². The van der Waals surface area contributed by atoms with Crippen molar-refractivity contribution in [1.29, 1.82) is 0 Å². The molecule has 3 heterocycles. The molecule has 34 heavy (non-hydrogen) atoms. The summed E-state index contributed by atoms with van der Waals surface area (Å²) in [6.07, 6.45) is 0. The van der Waals surface area contributed by atoms with Gasteiger partial charge in [0.15, 0.2) is 11.5 Å². The molecule has 0 radical (unpaired) electrons. The molecule has 174 valence electrons. The van der Waals surface area contributed by atoms with Gasteiger partial charge in [0.25, 0.3) is 5.91 Å². The van der Waals surface area contributed by atoms with Gasteiger partial charge >= 0.3 is 0 Å².